The van der Waals surface area contributed by atoms with Gasteiger partial charge in [0.2, 0.25) is 0 Å². The van der Waals surface area contributed by atoms with Gasteiger partial charge in [-0.2, -0.15) is 0 Å². The first kappa shape index (κ1) is 11.1. The summed E-state index contributed by atoms with van der Waals surface area (Å²) >= 11 is 1.83. The maximum atomic E-state index is 3.24. The highest BCUT2D eigenvalue weighted by atomic mass is 32.1. The number of fused-ring (bicyclic) bond motifs is 1. The van der Waals surface area contributed by atoms with Gasteiger partial charge < -0.3 is 0 Å². The molecule has 0 amide bonds. The van der Waals surface area contributed by atoms with Gasteiger partial charge in [0.15, 0.2) is 0 Å². The first-order chi connectivity index (χ1) is 8.92. The average Bonchev–Trinajstić information content (AvgIpc) is 2.82. The second-order valence-corrected chi connectivity index (χ2v) is 5.26. The molecule has 18 heavy (non-hydrogen) atoms. The number of hydrogen-bond donors (Lipinski definition) is 0. The quantitative estimate of drug-likeness (QED) is 0.556. The van der Waals surface area contributed by atoms with E-state index in [0.717, 1.165) is 12.0 Å². The Morgan fingerprint density at radius 2 is 1.67 bits per heavy atom. The smallest absolute Gasteiger partial charge is 0.0438 e. The molecule has 0 aliphatic heterocycles. The Kier molecular flexibility index (Phi) is 3.12. The van der Waals surface area contributed by atoms with Gasteiger partial charge in [-0.3, -0.25) is 0 Å². The second-order valence-electron chi connectivity index (χ2n) is 4.10. The molecule has 0 saturated carbocycles. The Labute approximate surface area is 111 Å². The number of benzene rings is 2. The van der Waals surface area contributed by atoms with E-state index in [1.165, 1.54) is 15.0 Å². The van der Waals surface area contributed by atoms with Gasteiger partial charge in [-0.15, -0.1) is 11.3 Å². The number of rotatable bonds is 1. The molecule has 0 atom stereocenters. The Bertz CT molecular complexity index is 678. The topological polar surface area (TPSA) is 0 Å². The van der Waals surface area contributed by atoms with Crippen LogP contribution in [0.5, 0.6) is 0 Å². The molecule has 0 unspecified atom stereocenters. The molecule has 0 aliphatic rings. The third-order valence-electron chi connectivity index (χ3n) is 2.75. The molecule has 1 heteroatoms. The lowest BCUT2D eigenvalue weighted by Crippen LogP contribution is -1.74. The summed E-state index contributed by atoms with van der Waals surface area (Å²) in [5, 5.41) is 1.32. The normalized spacial score (nSPS) is 10.0. The fourth-order valence-electron chi connectivity index (χ4n) is 1.88. The van der Waals surface area contributed by atoms with E-state index in [0.29, 0.717) is 0 Å². The largest absolute Gasteiger partial charge is 0.139 e. The van der Waals surface area contributed by atoms with Crippen LogP contribution in [0.15, 0.2) is 60.7 Å². The van der Waals surface area contributed by atoms with Crippen LogP contribution in [0, 0.1) is 11.8 Å². The monoisotopic (exact) mass is 248 g/mol. The van der Waals surface area contributed by atoms with E-state index in [4.69, 9.17) is 0 Å². The van der Waals surface area contributed by atoms with E-state index in [2.05, 4.69) is 42.2 Å². The van der Waals surface area contributed by atoms with Gasteiger partial charge in [0.1, 0.15) is 0 Å². The van der Waals surface area contributed by atoms with E-state index in [9.17, 15) is 0 Å². The summed E-state index contributed by atoms with van der Waals surface area (Å²) in [5.41, 5.74) is 1.08. The Morgan fingerprint density at radius 1 is 0.889 bits per heavy atom. The van der Waals surface area contributed by atoms with E-state index in [1.54, 1.807) is 0 Å². The van der Waals surface area contributed by atoms with Gasteiger partial charge in [-0.25, -0.2) is 0 Å². The lowest BCUT2D eigenvalue weighted by Gasteiger charge is -1.87. The van der Waals surface area contributed by atoms with Crippen molar-refractivity contribution in [1.29, 1.82) is 0 Å². The molecule has 2 aromatic carbocycles. The van der Waals surface area contributed by atoms with Gasteiger partial charge in [-0.1, -0.05) is 48.2 Å². The van der Waals surface area contributed by atoms with Crippen LogP contribution in [0.4, 0.5) is 0 Å². The van der Waals surface area contributed by atoms with E-state index >= 15 is 0 Å². The molecule has 0 spiro atoms. The van der Waals surface area contributed by atoms with Gasteiger partial charge in [-0.05, 0) is 29.7 Å². The van der Waals surface area contributed by atoms with Gasteiger partial charge in [0.25, 0.3) is 0 Å². The van der Waals surface area contributed by atoms with Gasteiger partial charge in [0, 0.05) is 21.6 Å². The molecule has 0 N–H and O–H groups in total. The highest BCUT2D eigenvalue weighted by Gasteiger charge is 1.98. The van der Waals surface area contributed by atoms with E-state index in [-0.39, 0.29) is 0 Å². The van der Waals surface area contributed by atoms with Crippen LogP contribution in [-0.4, -0.2) is 0 Å². The van der Waals surface area contributed by atoms with Crippen LogP contribution in [0.3, 0.4) is 0 Å². The number of hydrogen-bond acceptors (Lipinski definition) is 1. The third-order valence-corrected chi connectivity index (χ3v) is 3.86. The Morgan fingerprint density at radius 3 is 2.50 bits per heavy atom. The summed E-state index contributed by atoms with van der Waals surface area (Å²) in [6, 6.07) is 20.8. The minimum Gasteiger partial charge on any atom is -0.139 e. The average molecular weight is 248 g/mol. The molecule has 3 aromatic rings. The Hall–Kier alpha value is -2.04. The molecule has 0 saturated heterocycles. The van der Waals surface area contributed by atoms with Crippen molar-refractivity contribution in [2.45, 2.75) is 6.42 Å². The van der Waals surface area contributed by atoms with Gasteiger partial charge in [0.05, 0.1) is 0 Å². The van der Waals surface area contributed by atoms with Crippen molar-refractivity contribution in [3.8, 4) is 11.8 Å². The van der Waals surface area contributed by atoms with E-state index < -0.39 is 0 Å². The SMILES string of the molecule is C(#Cc1ccccc1)Cc1cc2ccccc2s1. The van der Waals surface area contributed by atoms with Crippen LogP contribution >= 0.6 is 11.3 Å². The predicted molar refractivity (Wildman–Crippen MR) is 78.8 cm³/mol. The molecule has 0 bridgehead atoms. The first-order valence-corrected chi connectivity index (χ1v) is 6.75. The molecule has 1 aromatic heterocycles. The minimum absolute atomic E-state index is 0.828. The molecule has 0 radical (unpaired) electrons. The summed E-state index contributed by atoms with van der Waals surface area (Å²) in [6.07, 6.45) is 0.828. The van der Waals surface area contributed by atoms with Crippen molar-refractivity contribution in [2.75, 3.05) is 0 Å². The van der Waals surface area contributed by atoms with Crippen molar-refractivity contribution in [1.82, 2.24) is 0 Å². The molecule has 0 fully saturated rings. The van der Waals surface area contributed by atoms with Crippen molar-refractivity contribution in [2.24, 2.45) is 0 Å². The molecular formula is C17H12S. The van der Waals surface area contributed by atoms with Crippen molar-refractivity contribution in [3.63, 3.8) is 0 Å². The standard InChI is InChI=1S/C17H12S/c1-2-7-14(8-3-1)9-6-11-16-13-15-10-4-5-12-17(15)18-16/h1-5,7-8,10,12-13H,11H2. The van der Waals surface area contributed by atoms with Crippen LogP contribution in [0.2, 0.25) is 0 Å². The van der Waals surface area contributed by atoms with Crippen LogP contribution in [0.1, 0.15) is 10.4 Å². The lowest BCUT2D eigenvalue weighted by molar-refractivity contribution is 1.41. The summed E-state index contributed by atoms with van der Waals surface area (Å²) in [6.45, 7) is 0. The maximum Gasteiger partial charge on any atom is 0.0438 e. The van der Waals surface area contributed by atoms with Gasteiger partial charge >= 0.3 is 0 Å². The van der Waals surface area contributed by atoms with Crippen LogP contribution < -0.4 is 0 Å². The zero-order valence-electron chi connectivity index (χ0n) is 9.89. The molecule has 1 heterocycles. The summed E-state index contributed by atoms with van der Waals surface area (Å²) in [7, 11) is 0. The second kappa shape index (κ2) is 5.08. The van der Waals surface area contributed by atoms with E-state index in [1.807, 2.05) is 41.7 Å². The van der Waals surface area contributed by atoms with Crippen LogP contribution in [-0.2, 0) is 6.42 Å². The molecule has 3 rings (SSSR count). The van der Waals surface area contributed by atoms with Crippen molar-refractivity contribution < 1.29 is 0 Å². The Balaban J connectivity index is 1.79. The molecule has 86 valence electrons. The molecule has 0 nitrogen and oxygen atoms in total. The highest BCUT2D eigenvalue weighted by molar-refractivity contribution is 7.19. The molecular weight excluding hydrogens is 236 g/mol. The summed E-state index contributed by atoms with van der Waals surface area (Å²) < 4.78 is 1.34. The highest BCUT2D eigenvalue weighted by Crippen LogP contribution is 2.25. The summed E-state index contributed by atoms with van der Waals surface area (Å²) in [4.78, 5) is 1.33. The zero-order chi connectivity index (χ0) is 12.2. The summed E-state index contributed by atoms with van der Waals surface area (Å²) in [5.74, 6) is 6.43. The molecule has 0 aliphatic carbocycles. The van der Waals surface area contributed by atoms with Crippen molar-refractivity contribution in [3.05, 3.63) is 71.1 Å². The minimum atomic E-state index is 0.828. The van der Waals surface area contributed by atoms with Crippen LogP contribution in [0.25, 0.3) is 10.1 Å². The third kappa shape index (κ3) is 2.45. The van der Waals surface area contributed by atoms with Crippen molar-refractivity contribution >= 4 is 21.4 Å². The fourth-order valence-corrected chi connectivity index (χ4v) is 2.88. The lowest BCUT2D eigenvalue weighted by atomic mass is 10.2. The number of thiophene rings is 1. The zero-order valence-corrected chi connectivity index (χ0v) is 10.7. The fraction of sp³-hybridized carbons (Fsp3) is 0.0588. The maximum absolute atomic E-state index is 3.24. The first-order valence-electron chi connectivity index (χ1n) is 5.93. The predicted octanol–water partition coefficient (Wildman–Crippen LogP) is 4.50.